The van der Waals surface area contributed by atoms with E-state index in [2.05, 4.69) is 28.4 Å². The Bertz CT molecular complexity index is 910. The van der Waals surface area contributed by atoms with Crippen molar-refractivity contribution in [2.75, 3.05) is 31.1 Å². The second-order valence-electron chi connectivity index (χ2n) is 8.88. The largest absolute Gasteiger partial charge is 0.466 e. The molecule has 2 atom stereocenters. The minimum Gasteiger partial charge on any atom is -0.466 e. The number of carbonyl (C=O) groups is 1. The number of ether oxygens (including phenoxy) is 1. The fourth-order valence-electron chi connectivity index (χ4n) is 4.83. The summed E-state index contributed by atoms with van der Waals surface area (Å²) in [6, 6.07) is 14.5. The van der Waals surface area contributed by atoms with Crippen molar-refractivity contribution >= 4 is 23.3 Å². The van der Waals surface area contributed by atoms with E-state index in [-0.39, 0.29) is 11.9 Å². The number of nitrogens with zero attached hydrogens (tertiary/aromatic N) is 1. The van der Waals surface area contributed by atoms with Crippen LogP contribution in [-0.4, -0.2) is 43.4 Å². The maximum Gasteiger partial charge on any atom is 0.309 e. The Morgan fingerprint density at radius 2 is 1.91 bits per heavy atom. The van der Waals surface area contributed by atoms with Gasteiger partial charge in [-0.2, -0.15) is 0 Å². The standard InChI is InChI=1S/C26H33ClN2O3/c1-2-32-26(31)20-11-13-29(14-12-20)24-10-6-18-5-9-23(15-21(18)16-24)28-17-25(30)19-3-7-22(27)8-4-19/h3-4,6-8,10,16,20,23,25,28,30H,2,5,9,11-15,17H2,1H3/t23-,25-/m0/s1. The maximum absolute atomic E-state index is 12.0. The molecule has 1 aliphatic carbocycles. The van der Waals surface area contributed by atoms with Gasteiger partial charge in [-0.1, -0.05) is 29.8 Å². The van der Waals surface area contributed by atoms with E-state index in [4.69, 9.17) is 16.3 Å². The molecule has 0 amide bonds. The van der Waals surface area contributed by atoms with Crippen molar-refractivity contribution in [2.45, 2.75) is 51.2 Å². The lowest BCUT2D eigenvalue weighted by Crippen LogP contribution is -2.38. The minimum absolute atomic E-state index is 0.0319. The van der Waals surface area contributed by atoms with Gasteiger partial charge in [0.2, 0.25) is 0 Å². The van der Waals surface area contributed by atoms with Gasteiger partial charge >= 0.3 is 5.97 Å². The smallest absolute Gasteiger partial charge is 0.309 e. The molecule has 1 fully saturated rings. The molecule has 4 rings (SSSR count). The van der Waals surface area contributed by atoms with Gasteiger partial charge in [-0.05, 0) is 80.0 Å². The summed E-state index contributed by atoms with van der Waals surface area (Å²) in [5, 5.41) is 14.7. The number of esters is 1. The first-order valence-electron chi connectivity index (χ1n) is 11.7. The molecule has 2 aromatic carbocycles. The Kier molecular flexibility index (Phi) is 7.71. The van der Waals surface area contributed by atoms with E-state index in [1.807, 2.05) is 31.2 Å². The zero-order chi connectivity index (χ0) is 22.5. The quantitative estimate of drug-likeness (QED) is 0.608. The van der Waals surface area contributed by atoms with Crippen LogP contribution in [0.25, 0.3) is 0 Å². The van der Waals surface area contributed by atoms with Gasteiger partial charge in [0, 0.05) is 36.4 Å². The molecule has 0 aromatic heterocycles. The molecule has 0 unspecified atom stereocenters. The third-order valence-corrected chi connectivity index (χ3v) is 7.00. The van der Waals surface area contributed by atoms with E-state index < -0.39 is 6.10 Å². The van der Waals surface area contributed by atoms with Crippen molar-refractivity contribution in [1.82, 2.24) is 5.32 Å². The average Bonchev–Trinajstić information content (AvgIpc) is 2.82. The normalized spacial score (nSPS) is 20.0. The van der Waals surface area contributed by atoms with E-state index in [1.165, 1.54) is 16.8 Å². The lowest BCUT2D eigenvalue weighted by molar-refractivity contribution is -0.148. The van der Waals surface area contributed by atoms with Crippen LogP contribution in [-0.2, 0) is 22.4 Å². The van der Waals surface area contributed by atoms with Crippen molar-refractivity contribution in [3.63, 3.8) is 0 Å². The molecule has 2 aromatic rings. The Labute approximate surface area is 195 Å². The van der Waals surface area contributed by atoms with Crippen LogP contribution in [0.2, 0.25) is 5.02 Å². The van der Waals surface area contributed by atoms with Crippen molar-refractivity contribution in [3.8, 4) is 0 Å². The molecule has 1 aliphatic heterocycles. The second-order valence-corrected chi connectivity index (χ2v) is 9.32. The van der Waals surface area contributed by atoms with Gasteiger partial charge in [0.15, 0.2) is 0 Å². The third kappa shape index (κ3) is 5.64. The summed E-state index contributed by atoms with van der Waals surface area (Å²) >= 11 is 5.94. The molecule has 1 heterocycles. The molecule has 6 heteroatoms. The van der Waals surface area contributed by atoms with Gasteiger partial charge in [0.25, 0.3) is 0 Å². The van der Waals surface area contributed by atoms with Gasteiger partial charge < -0.3 is 20.1 Å². The predicted octanol–water partition coefficient (Wildman–Crippen LogP) is 4.30. The molecule has 0 saturated carbocycles. The van der Waals surface area contributed by atoms with Crippen LogP contribution in [0.1, 0.15) is 49.0 Å². The van der Waals surface area contributed by atoms with Crippen LogP contribution >= 0.6 is 11.6 Å². The Balaban J connectivity index is 1.32. The number of hydrogen-bond donors (Lipinski definition) is 2. The van der Waals surface area contributed by atoms with Gasteiger partial charge in [-0.25, -0.2) is 0 Å². The number of aryl methyl sites for hydroxylation is 1. The number of fused-ring (bicyclic) bond motifs is 1. The highest BCUT2D eigenvalue weighted by molar-refractivity contribution is 6.30. The SMILES string of the molecule is CCOC(=O)C1CCN(c2ccc3c(c2)C[C@@H](NC[C@H](O)c2ccc(Cl)cc2)CC3)CC1. The van der Waals surface area contributed by atoms with E-state index in [0.717, 1.165) is 50.8 Å². The molecule has 0 radical (unpaired) electrons. The van der Waals surface area contributed by atoms with Crippen LogP contribution in [0.15, 0.2) is 42.5 Å². The number of halogens is 1. The summed E-state index contributed by atoms with van der Waals surface area (Å²) in [6.45, 7) is 4.62. The van der Waals surface area contributed by atoms with Crippen LogP contribution in [0, 0.1) is 5.92 Å². The first-order valence-corrected chi connectivity index (χ1v) is 12.1. The number of benzene rings is 2. The molecule has 0 spiro atoms. The molecular formula is C26H33ClN2O3. The van der Waals surface area contributed by atoms with Gasteiger partial charge in [-0.3, -0.25) is 4.79 Å². The summed E-state index contributed by atoms with van der Waals surface area (Å²) < 4.78 is 5.19. The third-order valence-electron chi connectivity index (χ3n) is 6.75. The summed E-state index contributed by atoms with van der Waals surface area (Å²) in [5.74, 6) is -0.0169. The Hall–Kier alpha value is -2.08. The van der Waals surface area contributed by atoms with Crippen LogP contribution in [0.5, 0.6) is 0 Å². The van der Waals surface area contributed by atoms with E-state index in [1.54, 1.807) is 0 Å². The van der Waals surface area contributed by atoms with E-state index in [9.17, 15) is 9.90 Å². The zero-order valence-corrected chi connectivity index (χ0v) is 19.5. The fraction of sp³-hybridized carbons (Fsp3) is 0.500. The number of nitrogens with one attached hydrogen (secondary N) is 1. The maximum atomic E-state index is 12.0. The topological polar surface area (TPSA) is 61.8 Å². The number of anilines is 1. The number of hydrogen-bond acceptors (Lipinski definition) is 5. The van der Waals surface area contributed by atoms with Crippen LogP contribution in [0.3, 0.4) is 0 Å². The first kappa shape index (κ1) is 23.1. The number of aliphatic hydroxyl groups is 1. The minimum atomic E-state index is -0.541. The van der Waals surface area contributed by atoms with E-state index in [0.29, 0.717) is 24.2 Å². The lowest BCUT2D eigenvalue weighted by atomic mass is 9.87. The molecule has 5 nitrogen and oxygen atoms in total. The number of rotatable bonds is 7. The van der Waals surface area contributed by atoms with Gasteiger partial charge in [0.1, 0.15) is 0 Å². The molecule has 1 saturated heterocycles. The van der Waals surface area contributed by atoms with Crippen LogP contribution < -0.4 is 10.2 Å². The fourth-order valence-corrected chi connectivity index (χ4v) is 4.95. The second kappa shape index (κ2) is 10.7. The highest BCUT2D eigenvalue weighted by Gasteiger charge is 2.27. The Morgan fingerprint density at radius 3 is 2.62 bits per heavy atom. The molecule has 2 aliphatic rings. The molecular weight excluding hydrogens is 424 g/mol. The highest BCUT2D eigenvalue weighted by atomic mass is 35.5. The van der Waals surface area contributed by atoms with Crippen molar-refractivity contribution in [1.29, 1.82) is 0 Å². The zero-order valence-electron chi connectivity index (χ0n) is 18.7. The number of carbonyl (C=O) groups excluding carboxylic acids is 1. The number of aliphatic hydroxyl groups excluding tert-OH is 1. The monoisotopic (exact) mass is 456 g/mol. The molecule has 172 valence electrons. The van der Waals surface area contributed by atoms with Crippen molar-refractivity contribution in [2.24, 2.45) is 5.92 Å². The molecule has 2 N–H and O–H groups in total. The highest BCUT2D eigenvalue weighted by Crippen LogP contribution is 2.29. The Morgan fingerprint density at radius 1 is 1.16 bits per heavy atom. The molecule has 32 heavy (non-hydrogen) atoms. The van der Waals surface area contributed by atoms with Gasteiger partial charge in [0.05, 0.1) is 18.6 Å². The number of piperidine rings is 1. The average molecular weight is 457 g/mol. The predicted molar refractivity (Wildman–Crippen MR) is 128 cm³/mol. The summed E-state index contributed by atoms with van der Waals surface area (Å²) in [4.78, 5) is 14.4. The summed E-state index contributed by atoms with van der Waals surface area (Å²) in [6.07, 6.45) is 4.25. The summed E-state index contributed by atoms with van der Waals surface area (Å²) in [5.41, 5.74) is 4.94. The summed E-state index contributed by atoms with van der Waals surface area (Å²) in [7, 11) is 0. The van der Waals surface area contributed by atoms with Crippen molar-refractivity contribution in [3.05, 3.63) is 64.2 Å². The molecule has 0 bridgehead atoms. The van der Waals surface area contributed by atoms with Gasteiger partial charge in [-0.15, -0.1) is 0 Å². The first-order chi connectivity index (χ1) is 15.5. The lowest BCUT2D eigenvalue weighted by Gasteiger charge is -2.34. The van der Waals surface area contributed by atoms with E-state index >= 15 is 0 Å². The van der Waals surface area contributed by atoms with Crippen LogP contribution in [0.4, 0.5) is 5.69 Å². The van der Waals surface area contributed by atoms with Crippen molar-refractivity contribution < 1.29 is 14.6 Å².